The van der Waals surface area contributed by atoms with E-state index in [0.717, 1.165) is 0 Å². The Morgan fingerprint density at radius 2 is 1.89 bits per heavy atom. The van der Waals surface area contributed by atoms with Crippen molar-refractivity contribution < 1.29 is 18.0 Å². The van der Waals surface area contributed by atoms with E-state index in [1.54, 1.807) is 12.1 Å². The Kier molecular flexibility index (Phi) is 3.71. The van der Waals surface area contributed by atoms with Gasteiger partial charge >= 0.3 is 0 Å². The number of nitrogens with one attached hydrogen (secondary N) is 1. The second kappa shape index (κ2) is 5.27. The lowest BCUT2D eigenvalue weighted by molar-refractivity contribution is 0.102. The predicted molar refractivity (Wildman–Crippen MR) is 63.5 cm³/mol. The van der Waals surface area contributed by atoms with Crippen LogP contribution in [0, 0.1) is 17.7 Å². The van der Waals surface area contributed by atoms with Crippen molar-refractivity contribution in [2.24, 2.45) is 0 Å². The topological polar surface area (TPSA) is 42.0 Å². The van der Waals surface area contributed by atoms with Crippen LogP contribution in [-0.2, 0) is 0 Å². The average Bonchev–Trinajstić information content (AvgIpc) is 2.36. The van der Waals surface area contributed by atoms with Gasteiger partial charge in [0.2, 0.25) is 5.95 Å². The van der Waals surface area contributed by atoms with Crippen LogP contribution >= 0.6 is 11.6 Å². The maximum atomic E-state index is 13.3. The van der Waals surface area contributed by atoms with E-state index in [-0.39, 0.29) is 10.7 Å². The smallest absolute Gasteiger partial charge is 0.259 e. The van der Waals surface area contributed by atoms with Crippen molar-refractivity contribution >= 4 is 23.2 Å². The minimum absolute atomic E-state index is 0.200. The van der Waals surface area contributed by atoms with Crippen molar-refractivity contribution in [1.29, 1.82) is 0 Å². The van der Waals surface area contributed by atoms with Gasteiger partial charge in [-0.25, -0.2) is 4.39 Å². The fourth-order valence-electron chi connectivity index (χ4n) is 1.39. The van der Waals surface area contributed by atoms with Gasteiger partial charge in [-0.3, -0.25) is 4.79 Å². The normalized spacial score (nSPS) is 10.3. The summed E-state index contributed by atoms with van der Waals surface area (Å²) in [4.78, 5) is 14.3. The number of aromatic nitrogens is 1. The Morgan fingerprint density at radius 3 is 2.58 bits per heavy atom. The van der Waals surface area contributed by atoms with Gasteiger partial charge in [0.1, 0.15) is 0 Å². The third-order valence-corrected chi connectivity index (χ3v) is 2.58. The van der Waals surface area contributed by atoms with E-state index in [9.17, 15) is 18.0 Å². The number of hydrogen-bond acceptors (Lipinski definition) is 2. The molecule has 1 heterocycles. The monoisotopic (exact) mass is 286 g/mol. The molecule has 0 spiro atoms. The summed E-state index contributed by atoms with van der Waals surface area (Å²) in [5.41, 5.74) is -0.587. The van der Waals surface area contributed by atoms with Gasteiger partial charge in [0.25, 0.3) is 11.9 Å². The van der Waals surface area contributed by atoms with Crippen LogP contribution in [0.25, 0.3) is 0 Å². The van der Waals surface area contributed by atoms with Crippen LogP contribution in [0.1, 0.15) is 10.4 Å². The third-order valence-electron chi connectivity index (χ3n) is 2.25. The third kappa shape index (κ3) is 2.85. The number of nitrogens with zero attached hydrogens (tertiary/aromatic N) is 1. The summed E-state index contributed by atoms with van der Waals surface area (Å²) in [6.07, 6.45) is 0. The predicted octanol–water partition coefficient (Wildman–Crippen LogP) is 3.40. The standard InChI is InChI=1S/C12H6ClF3N2O/c13-7-3-1-2-4-8(7)17-12(19)6-5-9(14)18-11(16)10(6)15/h1-5H,(H,17,19). The Labute approximate surface area is 111 Å². The van der Waals surface area contributed by atoms with E-state index < -0.39 is 29.2 Å². The fraction of sp³-hybridized carbons (Fsp3) is 0. The van der Waals surface area contributed by atoms with Gasteiger partial charge in [-0.1, -0.05) is 23.7 Å². The van der Waals surface area contributed by atoms with Gasteiger partial charge in [0.15, 0.2) is 5.82 Å². The molecule has 3 nitrogen and oxygen atoms in total. The molecule has 19 heavy (non-hydrogen) atoms. The molecule has 0 unspecified atom stereocenters. The molecule has 1 aromatic carbocycles. The number of carbonyl (C=O) groups is 1. The van der Waals surface area contributed by atoms with Gasteiger partial charge in [0.05, 0.1) is 16.3 Å². The van der Waals surface area contributed by atoms with E-state index in [2.05, 4.69) is 10.3 Å². The fourth-order valence-corrected chi connectivity index (χ4v) is 1.57. The zero-order chi connectivity index (χ0) is 14.0. The first-order valence-electron chi connectivity index (χ1n) is 5.06. The molecule has 98 valence electrons. The summed E-state index contributed by atoms with van der Waals surface area (Å²) in [5, 5.41) is 2.46. The second-order valence-corrected chi connectivity index (χ2v) is 3.94. The minimum atomic E-state index is -1.68. The summed E-state index contributed by atoms with van der Waals surface area (Å²) >= 11 is 5.79. The molecule has 1 amide bonds. The molecule has 0 atom stereocenters. The Bertz CT molecular complexity index is 649. The highest BCUT2D eigenvalue weighted by Crippen LogP contribution is 2.22. The second-order valence-electron chi connectivity index (χ2n) is 3.53. The average molecular weight is 287 g/mol. The Balaban J connectivity index is 2.33. The highest BCUT2D eigenvalue weighted by molar-refractivity contribution is 6.33. The summed E-state index contributed by atoms with van der Waals surface area (Å²) < 4.78 is 39.1. The summed E-state index contributed by atoms with van der Waals surface area (Å²) in [6, 6.07) is 6.69. The number of rotatable bonds is 2. The first-order valence-corrected chi connectivity index (χ1v) is 5.44. The molecule has 1 N–H and O–H groups in total. The quantitative estimate of drug-likeness (QED) is 0.860. The molecule has 2 rings (SSSR count). The van der Waals surface area contributed by atoms with E-state index in [1.165, 1.54) is 12.1 Å². The number of anilines is 1. The van der Waals surface area contributed by atoms with E-state index in [1.807, 2.05) is 0 Å². The van der Waals surface area contributed by atoms with Crippen LogP contribution in [0.4, 0.5) is 18.9 Å². The Morgan fingerprint density at radius 1 is 1.21 bits per heavy atom. The lowest BCUT2D eigenvalue weighted by Gasteiger charge is -2.07. The van der Waals surface area contributed by atoms with E-state index in [0.29, 0.717) is 6.07 Å². The van der Waals surface area contributed by atoms with Gasteiger partial charge < -0.3 is 5.32 Å². The van der Waals surface area contributed by atoms with Crippen LogP contribution in [0.5, 0.6) is 0 Å². The van der Waals surface area contributed by atoms with Crippen LogP contribution in [0.3, 0.4) is 0 Å². The van der Waals surface area contributed by atoms with E-state index in [4.69, 9.17) is 11.6 Å². The van der Waals surface area contributed by atoms with Crippen molar-refractivity contribution in [3.05, 3.63) is 58.6 Å². The largest absolute Gasteiger partial charge is 0.321 e. The number of amides is 1. The molecule has 7 heteroatoms. The first-order chi connectivity index (χ1) is 8.99. The molecule has 0 fully saturated rings. The van der Waals surface area contributed by atoms with Gasteiger partial charge in [-0.15, -0.1) is 0 Å². The van der Waals surface area contributed by atoms with Crippen molar-refractivity contribution in [2.75, 3.05) is 5.32 Å². The Hall–Kier alpha value is -2.08. The van der Waals surface area contributed by atoms with Crippen LogP contribution < -0.4 is 5.32 Å². The molecular formula is C12H6ClF3N2O. The summed E-state index contributed by atoms with van der Waals surface area (Å²) in [5.74, 6) is -5.51. The molecule has 0 aliphatic rings. The molecular weight excluding hydrogens is 281 g/mol. The molecule has 0 aliphatic heterocycles. The van der Waals surface area contributed by atoms with Crippen LogP contribution in [0.2, 0.25) is 5.02 Å². The lowest BCUT2D eigenvalue weighted by atomic mass is 10.2. The zero-order valence-electron chi connectivity index (χ0n) is 9.25. The van der Waals surface area contributed by atoms with Crippen molar-refractivity contribution in [3.8, 4) is 0 Å². The molecule has 2 aromatic rings. The van der Waals surface area contributed by atoms with Gasteiger partial charge in [0, 0.05) is 6.07 Å². The number of halogens is 4. The number of benzene rings is 1. The maximum Gasteiger partial charge on any atom is 0.259 e. The van der Waals surface area contributed by atoms with Crippen molar-refractivity contribution in [3.63, 3.8) is 0 Å². The highest BCUT2D eigenvalue weighted by Gasteiger charge is 2.19. The molecule has 0 saturated heterocycles. The van der Waals surface area contributed by atoms with Gasteiger partial charge in [-0.2, -0.15) is 13.8 Å². The molecule has 1 aromatic heterocycles. The van der Waals surface area contributed by atoms with E-state index >= 15 is 0 Å². The first kappa shape index (κ1) is 13.4. The maximum absolute atomic E-state index is 13.3. The zero-order valence-corrected chi connectivity index (χ0v) is 10.0. The van der Waals surface area contributed by atoms with Gasteiger partial charge in [-0.05, 0) is 12.1 Å². The summed E-state index contributed by atoms with van der Waals surface area (Å²) in [7, 11) is 0. The molecule has 0 bridgehead atoms. The van der Waals surface area contributed by atoms with Crippen LogP contribution in [0.15, 0.2) is 30.3 Å². The number of carbonyl (C=O) groups excluding carboxylic acids is 1. The lowest BCUT2D eigenvalue weighted by Crippen LogP contribution is -2.16. The summed E-state index contributed by atoms with van der Waals surface area (Å²) in [6.45, 7) is 0. The number of para-hydroxylation sites is 1. The highest BCUT2D eigenvalue weighted by atomic mass is 35.5. The van der Waals surface area contributed by atoms with Crippen molar-refractivity contribution in [1.82, 2.24) is 4.98 Å². The SMILES string of the molecule is O=C(Nc1ccccc1Cl)c1cc(F)nc(F)c1F. The molecule has 0 radical (unpaired) electrons. The number of pyridine rings is 1. The van der Waals surface area contributed by atoms with Crippen molar-refractivity contribution in [2.45, 2.75) is 0 Å². The molecule has 0 aliphatic carbocycles. The number of hydrogen-bond donors (Lipinski definition) is 1. The van der Waals surface area contributed by atoms with Crippen LogP contribution in [-0.4, -0.2) is 10.9 Å². The minimum Gasteiger partial charge on any atom is -0.321 e. The molecule has 0 saturated carbocycles.